The smallest absolute Gasteiger partial charge is 0.129 e. The van der Waals surface area contributed by atoms with E-state index in [1.807, 2.05) is 30.3 Å². The third-order valence-corrected chi connectivity index (χ3v) is 3.02. The van der Waals surface area contributed by atoms with Crippen molar-refractivity contribution in [2.24, 2.45) is 5.73 Å². The van der Waals surface area contributed by atoms with E-state index in [-0.39, 0.29) is 0 Å². The van der Waals surface area contributed by atoms with Gasteiger partial charge in [0.25, 0.3) is 0 Å². The second-order valence-electron chi connectivity index (χ2n) is 4.11. The molecule has 0 aromatic carbocycles. The van der Waals surface area contributed by atoms with Crippen LogP contribution >= 0.6 is 12.2 Å². The van der Waals surface area contributed by atoms with Crippen molar-refractivity contribution in [2.75, 3.05) is 11.4 Å². The highest BCUT2D eigenvalue weighted by Crippen LogP contribution is 2.14. The fraction of sp³-hybridized carbons (Fsp3) is 0.214. The van der Waals surface area contributed by atoms with Gasteiger partial charge in [0.15, 0.2) is 0 Å². The van der Waals surface area contributed by atoms with Gasteiger partial charge in [-0.05, 0) is 36.8 Å². The molecule has 4 nitrogen and oxygen atoms in total. The summed E-state index contributed by atoms with van der Waals surface area (Å²) in [5, 5.41) is 0. The first kappa shape index (κ1) is 13.4. The van der Waals surface area contributed by atoms with Crippen LogP contribution in [0.1, 0.15) is 18.2 Å². The predicted molar refractivity (Wildman–Crippen MR) is 81.1 cm³/mol. The Morgan fingerprint density at radius 3 is 2.63 bits per heavy atom. The molecular formula is C14H16N4S. The highest BCUT2D eigenvalue weighted by molar-refractivity contribution is 7.80. The summed E-state index contributed by atoms with van der Waals surface area (Å²) in [7, 11) is 0. The van der Waals surface area contributed by atoms with Crippen molar-refractivity contribution < 1.29 is 0 Å². The van der Waals surface area contributed by atoms with E-state index in [9.17, 15) is 0 Å². The number of nitrogens with two attached hydrogens (primary N) is 1. The Bertz CT molecular complexity index is 556. The second kappa shape index (κ2) is 6.24. The molecular weight excluding hydrogens is 256 g/mol. The molecule has 0 fully saturated rings. The summed E-state index contributed by atoms with van der Waals surface area (Å²) >= 11 is 4.96. The van der Waals surface area contributed by atoms with E-state index in [0.29, 0.717) is 10.7 Å². The topological polar surface area (TPSA) is 55.0 Å². The fourth-order valence-electron chi connectivity index (χ4n) is 1.80. The van der Waals surface area contributed by atoms with Crippen molar-refractivity contribution in [3.05, 3.63) is 54.0 Å². The third kappa shape index (κ3) is 3.48. The molecule has 0 saturated carbocycles. The summed E-state index contributed by atoms with van der Waals surface area (Å²) in [5.41, 5.74) is 7.47. The Morgan fingerprint density at radius 1 is 1.26 bits per heavy atom. The Labute approximate surface area is 118 Å². The van der Waals surface area contributed by atoms with E-state index in [1.165, 1.54) is 5.56 Å². The molecule has 2 N–H and O–H groups in total. The van der Waals surface area contributed by atoms with Crippen LogP contribution in [0.5, 0.6) is 0 Å². The van der Waals surface area contributed by atoms with Crippen LogP contribution in [0.15, 0.2) is 42.7 Å². The molecule has 5 heteroatoms. The molecule has 0 aliphatic heterocycles. The van der Waals surface area contributed by atoms with Gasteiger partial charge in [0.1, 0.15) is 10.8 Å². The van der Waals surface area contributed by atoms with Gasteiger partial charge in [-0.15, -0.1) is 0 Å². The molecule has 2 aromatic rings. The van der Waals surface area contributed by atoms with E-state index < -0.39 is 0 Å². The van der Waals surface area contributed by atoms with Crippen molar-refractivity contribution in [1.82, 2.24) is 9.97 Å². The molecule has 2 rings (SSSR count). The monoisotopic (exact) mass is 272 g/mol. The maximum atomic E-state index is 5.62. The molecule has 0 atom stereocenters. The summed E-state index contributed by atoms with van der Waals surface area (Å²) in [6.07, 6.45) is 3.59. The maximum absolute atomic E-state index is 5.62. The zero-order valence-corrected chi connectivity index (χ0v) is 11.6. The Morgan fingerprint density at radius 2 is 2.00 bits per heavy atom. The lowest BCUT2D eigenvalue weighted by molar-refractivity contribution is 0.812. The van der Waals surface area contributed by atoms with Gasteiger partial charge >= 0.3 is 0 Å². The lowest BCUT2D eigenvalue weighted by Crippen LogP contribution is -2.24. The van der Waals surface area contributed by atoms with Gasteiger partial charge in [-0.2, -0.15) is 0 Å². The lowest BCUT2D eigenvalue weighted by atomic mass is 10.2. The van der Waals surface area contributed by atoms with E-state index >= 15 is 0 Å². The van der Waals surface area contributed by atoms with Crippen LogP contribution in [0.25, 0.3) is 0 Å². The van der Waals surface area contributed by atoms with Crippen LogP contribution in [0.2, 0.25) is 0 Å². The van der Waals surface area contributed by atoms with Crippen LogP contribution in [0.3, 0.4) is 0 Å². The maximum Gasteiger partial charge on any atom is 0.129 e. The normalized spacial score (nSPS) is 10.2. The number of nitrogens with zero attached hydrogens (tertiary/aromatic N) is 3. The summed E-state index contributed by atoms with van der Waals surface area (Å²) in [6.45, 7) is 3.74. The van der Waals surface area contributed by atoms with Crippen molar-refractivity contribution in [1.29, 1.82) is 0 Å². The minimum atomic E-state index is 0.321. The highest BCUT2D eigenvalue weighted by atomic mass is 32.1. The van der Waals surface area contributed by atoms with Crippen LogP contribution < -0.4 is 10.6 Å². The largest absolute Gasteiger partial charge is 0.388 e. The number of rotatable bonds is 5. The van der Waals surface area contributed by atoms with Gasteiger partial charge in [-0.3, -0.25) is 4.98 Å². The molecule has 0 unspecified atom stereocenters. The van der Waals surface area contributed by atoms with E-state index in [1.54, 1.807) is 12.4 Å². The molecule has 0 bridgehead atoms. The first-order chi connectivity index (χ1) is 9.20. The summed E-state index contributed by atoms with van der Waals surface area (Å²) < 4.78 is 0. The molecule has 0 aliphatic rings. The van der Waals surface area contributed by atoms with E-state index in [0.717, 1.165) is 18.9 Å². The fourth-order valence-corrected chi connectivity index (χ4v) is 1.91. The number of hydrogen-bond donors (Lipinski definition) is 1. The summed E-state index contributed by atoms with van der Waals surface area (Å²) in [6, 6.07) is 9.71. The molecule has 0 saturated heterocycles. The molecule has 0 spiro atoms. The minimum Gasteiger partial charge on any atom is -0.388 e. The van der Waals surface area contributed by atoms with Crippen molar-refractivity contribution in [3.63, 3.8) is 0 Å². The second-order valence-corrected chi connectivity index (χ2v) is 4.55. The van der Waals surface area contributed by atoms with Crippen LogP contribution in [0, 0.1) is 0 Å². The zero-order valence-electron chi connectivity index (χ0n) is 10.8. The van der Waals surface area contributed by atoms with Crippen LogP contribution in [-0.2, 0) is 6.54 Å². The van der Waals surface area contributed by atoms with Gasteiger partial charge in [0.05, 0.1) is 5.69 Å². The van der Waals surface area contributed by atoms with Gasteiger partial charge in [-0.1, -0.05) is 18.3 Å². The number of pyridine rings is 2. The average molecular weight is 272 g/mol. The third-order valence-electron chi connectivity index (χ3n) is 2.82. The van der Waals surface area contributed by atoms with Crippen LogP contribution in [0.4, 0.5) is 5.82 Å². The van der Waals surface area contributed by atoms with E-state index in [4.69, 9.17) is 18.0 Å². The Hall–Kier alpha value is -2.01. The molecule has 19 heavy (non-hydrogen) atoms. The first-order valence-electron chi connectivity index (χ1n) is 6.11. The SMILES string of the molecule is CCN(Cc1ccncc1)c1cccc(C(N)=S)n1. The summed E-state index contributed by atoms with van der Waals surface area (Å²) in [5.74, 6) is 0.879. The van der Waals surface area contributed by atoms with Crippen LogP contribution in [-0.4, -0.2) is 21.5 Å². The molecule has 2 aromatic heterocycles. The molecule has 0 amide bonds. The number of hydrogen-bond acceptors (Lipinski definition) is 4. The van der Waals surface area contributed by atoms with Gasteiger partial charge in [0.2, 0.25) is 0 Å². The standard InChI is InChI=1S/C14H16N4S/c1-2-18(10-11-6-8-16-9-7-11)13-5-3-4-12(17-13)14(15)19/h3-9H,2,10H2,1H3,(H2,15,19). The number of thiocarbonyl (C=S) groups is 1. The predicted octanol–water partition coefficient (Wildman–Crippen LogP) is 2.14. The highest BCUT2D eigenvalue weighted by Gasteiger charge is 2.08. The quantitative estimate of drug-likeness (QED) is 0.845. The van der Waals surface area contributed by atoms with E-state index in [2.05, 4.69) is 21.8 Å². The average Bonchev–Trinajstić information content (AvgIpc) is 2.46. The van der Waals surface area contributed by atoms with Crippen molar-refractivity contribution in [2.45, 2.75) is 13.5 Å². The minimum absolute atomic E-state index is 0.321. The van der Waals surface area contributed by atoms with Crippen molar-refractivity contribution in [3.8, 4) is 0 Å². The molecule has 2 heterocycles. The zero-order chi connectivity index (χ0) is 13.7. The number of anilines is 1. The molecule has 98 valence electrons. The number of aromatic nitrogens is 2. The van der Waals surface area contributed by atoms with Crippen molar-refractivity contribution >= 4 is 23.0 Å². The molecule has 0 radical (unpaired) electrons. The van der Waals surface area contributed by atoms with Gasteiger partial charge in [0, 0.05) is 25.5 Å². The Kier molecular flexibility index (Phi) is 4.41. The Balaban J connectivity index is 2.22. The molecule has 0 aliphatic carbocycles. The summed E-state index contributed by atoms with van der Waals surface area (Å²) in [4.78, 5) is 11.0. The lowest BCUT2D eigenvalue weighted by Gasteiger charge is -2.22. The van der Waals surface area contributed by atoms with Gasteiger partial charge < -0.3 is 10.6 Å². The first-order valence-corrected chi connectivity index (χ1v) is 6.52. The van der Waals surface area contributed by atoms with Gasteiger partial charge in [-0.25, -0.2) is 4.98 Å².